The third-order valence-electron chi connectivity index (χ3n) is 6.96. The number of rotatable bonds is 4. The monoisotopic (exact) mass is 409 g/mol. The summed E-state index contributed by atoms with van der Waals surface area (Å²) in [6.07, 6.45) is 9.61. The van der Waals surface area contributed by atoms with Crippen molar-refractivity contribution in [3.05, 3.63) is 24.2 Å². The molecule has 30 heavy (non-hydrogen) atoms. The van der Waals surface area contributed by atoms with E-state index in [0.717, 1.165) is 69.0 Å². The molecule has 2 aromatic rings. The van der Waals surface area contributed by atoms with Gasteiger partial charge in [0, 0.05) is 38.3 Å². The van der Waals surface area contributed by atoms with Gasteiger partial charge in [-0.1, -0.05) is 18.5 Å². The molecule has 1 aliphatic carbocycles. The molecule has 0 N–H and O–H groups in total. The molecular formula is C23H31N5O2. The molecule has 0 aromatic carbocycles. The Morgan fingerprint density at radius 2 is 1.97 bits per heavy atom. The van der Waals surface area contributed by atoms with E-state index >= 15 is 0 Å². The minimum Gasteiger partial charge on any atom is -0.355 e. The summed E-state index contributed by atoms with van der Waals surface area (Å²) in [5.74, 6) is 3.59. The van der Waals surface area contributed by atoms with Gasteiger partial charge < -0.3 is 14.3 Å². The lowest BCUT2D eigenvalue weighted by Crippen LogP contribution is -2.48. The molecule has 1 saturated carbocycles. The fourth-order valence-corrected chi connectivity index (χ4v) is 5.01. The molecule has 7 nitrogen and oxygen atoms in total. The Bertz CT molecular complexity index is 893. The first-order chi connectivity index (χ1) is 14.7. The molecule has 2 saturated heterocycles. The molecule has 5 rings (SSSR count). The van der Waals surface area contributed by atoms with Crippen LogP contribution in [0, 0.1) is 11.8 Å². The zero-order valence-corrected chi connectivity index (χ0v) is 17.8. The molecule has 0 radical (unpaired) electrons. The third kappa shape index (κ3) is 3.82. The van der Waals surface area contributed by atoms with Crippen molar-refractivity contribution in [1.82, 2.24) is 20.0 Å². The highest BCUT2D eigenvalue weighted by atomic mass is 16.5. The summed E-state index contributed by atoms with van der Waals surface area (Å²) in [5, 5.41) is 4.25. The second-order valence-corrected chi connectivity index (χ2v) is 9.28. The third-order valence-corrected chi connectivity index (χ3v) is 6.96. The Morgan fingerprint density at radius 3 is 2.77 bits per heavy atom. The van der Waals surface area contributed by atoms with Gasteiger partial charge in [0.15, 0.2) is 0 Å². The van der Waals surface area contributed by atoms with Crippen molar-refractivity contribution in [2.75, 3.05) is 31.1 Å². The van der Waals surface area contributed by atoms with Gasteiger partial charge in [0.05, 0.1) is 11.5 Å². The topological polar surface area (TPSA) is 75.4 Å². The smallest absolute Gasteiger partial charge is 0.230 e. The molecule has 7 heteroatoms. The second kappa shape index (κ2) is 8.36. The van der Waals surface area contributed by atoms with Crippen molar-refractivity contribution in [1.29, 1.82) is 0 Å². The van der Waals surface area contributed by atoms with Crippen LogP contribution in [0.4, 0.5) is 5.82 Å². The van der Waals surface area contributed by atoms with E-state index in [4.69, 9.17) is 4.52 Å². The highest BCUT2D eigenvalue weighted by Crippen LogP contribution is 2.37. The molecule has 2 atom stereocenters. The van der Waals surface area contributed by atoms with Gasteiger partial charge in [-0.3, -0.25) is 4.79 Å². The van der Waals surface area contributed by atoms with Crippen LogP contribution >= 0.6 is 0 Å². The maximum Gasteiger partial charge on any atom is 0.230 e. The quantitative estimate of drug-likeness (QED) is 0.763. The highest BCUT2D eigenvalue weighted by molar-refractivity contribution is 5.80. The van der Waals surface area contributed by atoms with Crippen molar-refractivity contribution in [2.45, 2.75) is 57.8 Å². The lowest BCUT2D eigenvalue weighted by molar-refractivity contribution is -0.137. The Hall–Kier alpha value is -2.44. The van der Waals surface area contributed by atoms with Crippen LogP contribution in [0.2, 0.25) is 0 Å². The molecule has 0 unspecified atom stereocenters. The van der Waals surface area contributed by atoms with Crippen molar-refractivity contribution in [3.63, 3.8) is 0 Å². The maximum absolute atomic E-state index is 13.2. The Labute approximate surface area is 177 Å². The average Bonchev–Trinajstić information content (AvgIpc) is 3.21. The fraction of sp³-hybridized carbons (Fsp3) is 0.652. The first-order valence-electron chi connectivity index (χ1n) is 11.5. The molecule has 2 aliphatic heterocycles. The number of piperidine rings is 2. The van der Waals surface area contributed by atoms with Gasteiger partial charge in [-0.25, -0.2) is 4.98 Å². The summed E-state index contributed by atoms with van der Waals surface area (Å²) in [6.45, 7) is 5.66. The van der Waals surface area contributed by atoms with Crippen LogP contribution in [-0.4, -0.2) is 52.1 Å². The van der Waals surface area contributed by atoms with Gasteiger partial charge >= 0.3 is 0 Å². The van der Waals surface area contributed by atoms with Crippen LogP contribution in [0.25, 0.3) is 11.4 Å². The summed E-state index contributed by atoms with van der Waals surface area (Å²) in [7, 11) is 0. The molecule has 3 aliphatic rings. The first-order valence-corrected chi connectivity index (χ1v) is 11.5. The minimum atomic E-state index is 0.0368. The number of hydrogen-bond donors (Lipinski definition) is 0. The Morgan fingerprint density at radius 1 is 1.10 bits per heavy atom. The summed E-state index contributed by atoms with van der Waals surface area (Å²) < 4.78 is 5.55. The van der Waals surface area contributed by atoms with Crippen LogP contribution in [0.1, 0.15) is 63.7 Å². The average molecular weight is 410 g/mol. The van der Waals surface area contributed by atoms with Crippen molar-refractivity contribution < 1.29 is 9.32 Å². The van der Waals surface area contributed by atoms with E-state index in [1.165, 1.54) is 12.8 Å². The fourth-order valence-electron chi connectivity index (χ4n) is 5.01. The zero-order valence-electron chi connectivity index (χ0n) is 17.8. The van der Waals surface area contributed by atoms with Gasteiger partial charge in [-0.05, 0) is 56.6 Å². The number of nitrogens with zero attached hydrogens (tertiary/aromatic N) is 5. The maximum atomic E-state index is 13.2. The van der Waals surface area contributed by atoms with E-state index in [-0.39, 0.29) is 5.92 Å². The number of pyridine rings is 1. The largest absolute Gasteiger partial charge is 0.355 e. The number of anilines is 1. The Balaban J connectivity index is 1.34. The van der Waals surface area contributed by atoms with Crippen LogP contribution < -0.4 is 4.90 Å². The second-order valence-electron chi connectivity index (χ2n) is 9.28. The predicted octanol–water partition coefficient (Wildman–Crippen LogP) is 3.87. The number of hydrogen-bond acceptors (Lipinski definition) is 6. The first kappa shape index (κ1) is 19.5. The number of carbonyl (C=O) groups is 1. The van der Waals surface area contributed by atoms with E-state index in [1.807, 2.05) is 18.3 Å². The van der Waals surface area contributed by atoms with Gasteiger partial charge in [-0.2, -0.15) is 4.98 Å². The van der Waals surface area contributed by atoms with Gasteiger partial charge in [-0.15, -0.1) is 0 Å². The van der Waals surface area contributed by atoms with Crippen LogP contribution in [0.3, 0.4) is 0 Å². The molecular weight excluding hydrogens is 378 g/mol. The van der Waals surface area contributed by atoms with Crippen LogP contribution in [0.5, 0.6) is 0 Å². The van der Waals surface area contributed by atoms with Crippen LogP contribution in [-0.2, 0) is 4.79 Å². The number of carbonyl (C=O) groups excluding carboxylic acids is 1. The van der Waals surface area contributed by atoms with E-state index in [9.17, 15) is 4.79 Å². The van der Waals surface area contributed by atoms with E-state index in [1.54, 1.807) is 0 Å². The lowest BCUT2D eigenvalue weighted by atomic mass is 9.85. The van der Waals surface area contributed by atoms with Gasteiger partial charge in [0.25, 0.3) is 0 Å². The van der Waals surface area contributed by atoms with E-state index in [0.29, 0.717) is 30.1 Å². The van der Waals surface area contributed by atoms with E-state index < -0.39 is 0 Å². The van der Waals surface area contributed by atoms with Gasteiger partial charge in [0.2, 0.25) is 17.6 Å². The highest BCUT2D eigenvalue weighted by Gasteiger charge is 2.33. The molecule has 4 heterocycles. The normalized spacial score (nSPS) is 25.2. The lowest BCUT2D eigenvalue weighted by Gasteiger charge is -2.38. The van der Waals surface area contributed by atoms with Gasteiger partial charge in [0.1, 0.15) is 5.82 Å². The number of amides is 1. The zero-order chi connectivity index (χ0) is 20.5. The van der Waals surface area contributed by atoms with Crippen molar-refractivity contribution >= 4 is 11.7 Å². The van der Waals surface area contributed by atoms with Crippen molar-refractivity contribution in [3.8, 4) is 11.4 Å². The molecule has 2 aromatic heterocycles. The molecule has 0 bridgehead atoms. The molecule has 1 amide bonds. The summed E-state index contributed by atoms with van der Waals surface area (Å²) in [5.41, 5.74) is 0.895. The number of likely N-dealkylation sites (tertiary alicyclic amines) is 1. The van der Waals surface area contributed by atoms with Crippen molar-refractivity contribution in [2.24, 2.45) is 11.8 Å². The molecule has 3 fully saturated rings. The standard InChI is InChI=1S/C23H31N5O2/c1-16-6-4-13-28(14-16)23(29)18-9-5-12-27(15-18)21-19(10-3-11-24-21)20-25-22(30-26-20)17-7-2-8-17/h3,10-11,16-18H,2,4-9,12-15H2,1H3/t16-,18-/m1/s1. The van der Waals surface area contributed by atoms with E-state index in [2.05, 4.69) is 31.8 Å². The minimum absolute atomic E-state index is 0.0368. The molecule has 0 spiro atoms. The van der Waals surface area contributed by atoms with Crippen LogP contribution in [0.15, 0.2) is 22.9 Å². The number of aromatic nitrogens is 3. The summed E-state index contributed by atoms with van der Waals surface area (Å²) >= 11 is 0. The summed E-state index contributed by atoms with van der Waals surface area (Å²) in [4.78, 5) is 26.9. The Kier molecular flexibility index (Phi) is 5.44. The SMILES string of the molecule is C[C@@H]1CCCN(C(=O)[C@@H]2CCCN(c3ncccc3-c3noc(C4CCC4)n3)C2)C1. The summed E-state index contributed by atoms with van der Waals surface area (Å²) in [6, 6.07) is 3.93. The predicted molar refractivity (Wildman–Crippen MR) is 114 cm³/mol. The molecule has 160 valence electrons.